The predicted molar refractivity (Wildman–Crippen MR) is 101 cm³/mol. The molecule has 0 bridgehead atoms. The van der Waals surface area contributed by atoms with E-state index in [4.69, 9.17) is 9.47 Å². The summed E-state index contributed by atoms with van der Waals surface area (Å²) in [7, 11) is 0. The van der Waals surface area contributed by atoms with Crippen LogP contribution in [0.25, 0.3) is 0 Å². The summed E-state index contributed by atoms with van der Waals surface area (Å²) in [5.74, 6) is 2.27. The Balaban J connectivity index is 2.50. The normalized spacial score (nSPS) is 11.6. The van der Waals surface area contributed by atoms with E-state index in [1.165, 1.54) is 0 Å². The van der Waals surface area contributed by atoms with Crippen molar-refractivity contribution in [2.24, 2.45) is 10.9 Å². The molecule has 0 aliphatic rings. The first-order valence-electron chi connectivity index (χ1n) is 8.97. The van der Waals surface area contributed by atoms with Crippen LogP contribution in [0.15, 0.2) is 29.3 Å². The molecule has 5 heteroatoms. The number of ether oxygens (including phenoxy) is 2. The van der Waals surface area contributed by atoms with E-state index in [1.54, 1.807) is 0 Å². The second-order valence-electron chi connectivity index (χ2n) is 6.02. The topological polar surface area (TPSA) is 54.9 Å². The first-order chi connectivity index (χ1) is 11.7. The number of guanidine groups is 1. The standard InChI is InChI=1S/C19H33N3O2/c1-5-20-19(21-11-8-12-23-6-2)22-14-17-9-7-10-18(13-17)24-15-16(3)4/h7,9-10,13,16H,5-6,8,11-12,14-15H2,1-4H3,(H2,20,21,22). The average Bonchev–Trinajstić information content (AvgIpc) is 2.58. The van der Waals surface area contributed by atoms with Gasteiger partial charge >= 0.3 is 0 Å². The van der Waals surface area contributed by atoms with Crippen molar-refractivity contribution in [1.82, 2.24) is 10.6 Å². The highest BCUT2D eigenvalue weighted by molar-refractivity contribution is 5.79. The molecule has 0 aliphatic carbocycles. The largest absolute Gasteiger partial charge is 0.493 e. The lowest BCUT2D eigenvalue weighted by Crippen LogP contribution is -2.38. The third kappa shape index (κ3) is 9.40. The van der Waals surface area contributed by atoms with Gasteiger partial charge in [0.05, 0.1) is 13.2 Å². The van der Waals surface area contributed by atoms with Crippen LogP contribution >= 0.6 is 0 Å². The van der Waals surface area contributed by atoms with E-state index in [-0.39, 0.29) is 0 Å². The second-order valence-corrected chi connectivity index (χ2v) is 6.02. The summed E-state index contributed by atoms with van der Waals surface area (Å²) in [6, 6.07) is 8.14. The van der Waals surface area contributed by atoms with Gasteiger partial charge in [-0.05, 0) is 43.9 Å². The van der Waals surface area contributed by atoms with Gasteiger partial charge in [-0.15, -0.1) is 0 Å². The molecule has 0 aromatic heterocycles. The van der Waals surface area contributed by atoms with Crippen molar-refractivity contribution in [3.63, 3.8) is 0 Å². The Morgan fingerprint density at radius 2 is 2.04 bits per heavy atom. The minimum absolute atomic E-state index is 0.521. The summed E-state index contributed by atoms with van der Waals surface area (Å²) in [6.07, 6.45) is 0.969. The highest BCUT2D eigenvalue weighted by Crippen LogP contribution is 2.15. The van der Waals surface area contributed by atoms with Crippen LogP contribution in [0.2, 0.25) is 0 Å². The smallest absolute Gasteiger partial charge is 0.191 e. The van der Waals surface area contributed by atoms with Crippen LogP contribution < -0.4 is 15.4 Å². The third-order valence-corrected chi connectivity index (χ3v) is 3.21. The van der Waals surface area contributed by atoms with E-state index < -0.39 is 0 Å². The fourth-order valence-electron chi connectivity index (χ4n) is 2.03. The molecule has 0 aliphatic heterocycles. The summed E-state index contributed by atoms with van der Waals surface area (Å²) in [5, 5.41) is 6.60. The Morgan fingerprint density at radius 3 is 2.75 bits per heavy atom. The van der Waals surface area contributed by atoms with Crippen LogP contribution in [0.1, 0.15) is 39.7 Å². The zero-order valence-corrected chi connectivity index (χ0v) is 15.6. The van der Waals surface area contributed by atoms with Gasteiger partial charge in [0.2, 0.25) is 0 Å². The molecule has 0 unspecified atom stereocenters. The molecule has 5 nitrogen and oxygen atoms in total. The summed E-state index contributed by atoms with van der Waals surface area (Å²) in [4.78, 5) is 4.64. The van der Waals surface area contributed by atoms with Gasteiger partial charge in [0.1, 0.15) is 5.75 Å². The Bertz CT molecular complexity index is 475. The molecule has 0 saturated carbocycles. The van der Waals surface area contributed by atoms with Gasteiger partial charge in [-0.1, -0.05) is 26.0 Å². The van der Waals surface area contributed by atoms with Gasteiger partial charge in [0.25, 0.3) is 0 Å². The highest BCUT2D eigenvalue weighted by atomic mass is 16.5. The molecule has 0 radical (unpaired) electrons. The minimum atomic E-state index is 0.521. The van der Waals surface area contributed by atoms with E-state index in [2.05, 4.69) is 48.5 Å². The van der Waals surface area contributed by atoms with Crippen molar-refractivity contribution in [3.8, 4) is 5.75 Å². The zero-order chi connectivity index (χ0) is 17.6. The van der Waals surface area contributed by atoms with Crippen LogP contribution in [-0.4, -0.2) is 38.9 Å². The average molecular weight is 335 g/mol. The van der Waals surface area contributed by atoms with Crippen molar-refractivity contribution in [2.45, 2.75) is 40.7 Å². The van der Waals surface area contributed by atoms with E-state index in [1.807, 2.05) is 19.1 Å². The summed E-state index contributed by atoms with van der Waals surface area (Å²) < 4.78 is 11.1. The van der Waals surface area contributed by atoms with Crippen LogP contribution in [0.3, 0.4) is 0 Å². The van der Waals surface area contributed by atoms with Gasteiger partial charge in [-0.25, -0.2) is 4.99 Å². The van der Waals surface area contributed by atoms with Crippen LogP contribution in [0.4, 0.5) is 0 Å². The van der Waals surface area contributed by atoms with E-state index in [9.17, 15) is 0 Å². The number of nitrogens with zero attached hydrogens (tertiary/aromatic N) is 1. The lowest BCUT2D eigenvalue weighted by molar-refractivity contribution is 0.145. The molecule has 24 heavy (non-hydrogen) atoms. The first kappa shape index (κ1) is 20.3. The number of hydrogen-bond donors (Lipinski definition) is 2. The van der Waals surface area contributed by atoms with Gasteiger partial charge in [-0.2, -0.15) is 0 Å². The van der Waals surface area contributed by atoms with Crippen molar-refractivity contribution in [3.05, 3.63) is 29.8 Å². The maximum atomic E-state index is 5.77. The Kier molecular flexibility index (Phi) is 10.7. The maximum Gasteiger partial charge on any atom is 0.191 e. The molecular weight excluding hydrogens is 302 g/mol. The van der Waals surface area contributed by atoms with Crippen molar-refractivity contribution >= 4 is 5.96 Å². The molecule has 2 N–H and O–H groups in total. The first-order valence-corrected chi connectivity index (χ1v) is 8.97. The number of aliphatic imine (C=N–C) groups is 1. The SMILES string of the molecule is CCNC(=NCc1cccc(OCC(C)C)c1)NCCCOCC. The molecular formula is C19H33N3O2. The molecule has 0 fully saturated rings. The Morgan fingerprint density at radius 1 is 1.21 bits per heavy atom. The summed E-state index contributed by atoms with van der Waals surface area (Å²) >= 11 is 0. The molecule has 0 spiro atoms. The highest BCUT2D eigenvalue weighted by Gasteiger charge is 2.01. The maximum absolute atomic E-state index is 5.77. The van der Waals surface area contributed by atoms with E-state index in [0.29, 0.717) is 12.5 Å². The van der Waals surface area contributed by atoms with Gasteiger partial charge < -0.3 is 20.1 Å². The van der Waals surface area contributed by atoms with E-state index >= 15 is 0 Å². The summed E-state index contributed by atoms with van der Waals surface area (Å²) in [5.41, 5.74) is 1.14. The molecule has 0 saturated heterocycles. The van der Waals surface area contributed by atoms with Crippen molar-refractivity contribution < 1.29 is 9.47 Å². The zero-order valence-electron chi connectivity index (χ0n) is 15.6. The second kappa shape index (κ2) is 12.6. The van der Waals surface area contributed by atoms with Crippen molar-refractivity contribution in [2.75, 3.05) is 32.9 Å². The molecule has 0 atom stereocenters. The number of rotatable bonds is 11. The van der Waals surface area contributed by atoms with Crippen LogP contribution in [-0.2, 0) is 11.3 Å². The molecule has 1 aromatic carbocycles. The Labute approximate surface area is 146 Å². The third-order valence-electron chi connectivity index (χ3n) is 3.21. The lowest BCUT2D eigenvalue weighted by atomic mass is 10.2. The van der Waals surface area contributed by atoms with Crippen molar-refractivity contribution in [1.29, 1.82) is 0 Å². The fraction of sp³-hybridized carbons (Fsp3) is 0.632. The quantitative estimate of drug-likeness (QED) is 0.370. The Hall–Kier alpha value is -1.75. The molecule has 136 valence electrons. The van der Waals surface area contributed by atoms with Crippen LogP contribution in [0.5, 0.6) is 5.75 Å². The lowest BCUT2D eigenvalue weighted by Gasteiger charge is -2.12. The number of hydrogen-bond acceptors (Lipinski definition) is 3. The van der Waals surface area contributed by atoms with Gasteiger partial charge in [0, 0.05) is 26.3 Å². The fourth-order valence-corrected chi connectivity index (χ4v) is 2.03. The molecule has 1 aromatic rings. The number of nitrogens with one attached hydrogen (secondary N) is 2. The molecule has 0 heterocycles. The van der Waals surface area contributed by atoms with E-state index in [0.717, 1.165) is 56.6 Å². The van der Waals surface area contributed by atoms with Gasteiger partial charge in [0.15, 0.2) is 5.96 Å². The van der Waals surface area contributed by atoms with Crippen LogP contribution in [0, 0.1) is 5.92 Å². The number of benzene rings is 1. The molecule has 0 amide bonds. The minimum Gasteiger partial charge on any atom is -0.493 e. The predicted octanol–water partition coefficient (Wildman–Crippen LogP) is 3.20. The van der Waals surface area contributed by atoms with Gasteiger partial charge in [-0.3, -0.25) is 0 Å². The monoisotopic (exact) mass is 335 g/mol. The molecule has 1 rings (SSSR count). The summed E-state index contributed by atoms with van der Waals surface area (Å²) in [6.45, 7) is 13.0.